The van der Waals surface area contributed by atoms with Crippen LogP contribution < -0.4 is 0 Å². The zero-order valence-corrected chi connectivity index (χ0v) is 11.0. The number of hydrogen-bond acceptors (Lipinski definition) is 2. The highest BCUT2D eigenvalue weighted by atomic mass is 16.3. The summed E-state index contributed by atoms with van der Waals surface area (Å²) in [4.78, 5) is 0. The van der Waals surface area contributed by atoms with Crippen molar-refractivity contribution in [3.63, 3.8) is 0 Å². The second-order valence-corrected chi connectivity index (χ2v) is 5.93. The summed E-state index contributed by atoms with van der Waals surface area (Å²) < 4.78 is 0. The highest BCUT2D eigenvalue weighted by Gasteiger charge is 2.30. The molecule has 0 aromatic heterocycles. The smallest absolute Gasteiger partial charge is 0.0571 e. The van der Waals surface area contributed by atoms with E-state index in [4.69, 9.17) is 0 Å². The van der Waals surface area contributed by atoms with Gasteiger partial charge in [0.25, 0.3) is 0 Å². The van der Waals surface area contributed by atoms with Crippen molar-refractivity contribution in [2.45, 2.75) is 71.5 Å². The first-order valence-corrected chi connectivity index (χ1v) is 6.88. The second-order valence-electron chi connectivity index (χ2n) is 5.93. The SMILES string of the molecule is CC(C)C[C@H](O)[C@@H](C)[C@H]1CCCCC[C@H]1O. The zero-order chi connectivity index (χ0) is 12.1. The molecule has 0 radical (unpaired) electrons. The van der Waals surface area contributed by atoms with Gasteiger partial charge in [0.2, 0.25) is 0 Å². The maximum absolute atomic E-state index is 10.1. The Balaban J connectivity index is 2.52. The van der Waals surface area contributed by atoms with E-state index in [1.807, 2.05) is 0 Å². The maximum atomic E-state index is 10.1. The molecule has 1 fully saturated rings. The molecule has 4 atom stereocenters. The summed E-state index contributed by atoms with van der Waals surface area (Å²) in [6.07, 6.45) is 5.99. The molecule has 96 valence electrons. The molecular weight excluding hydrogens is 200 g/mol. The van der Waals surface area contributed by atoms with Crippen LogP contribution in [0.4, 0.5) is 0 Å². The van der Waals surface area contributed by atoms with Gasteiger partial charge in [-0.25, -0.2) is 0 Å². The molecule has 0 saturated heterocycles. The third kappa shape index (κ3) is 4.06. The topological polar surface area (TPSA) is 40.5 Å². The van der Waals surface area contributed by atoms with Crippen molar-refractivity contribution in [1.29, 1.82) is 0 Å². The van der Waals surface area contributed by atoms with Gasteiger partial charge in [-0.1, -0.05) is 40.0 Å². The van der Waals surface area contributed by atoms with E-state index in [0.29, 0.717) is 11.8 Å². The summed E-state index contributed by atoms with van der Waals surface area (Å²) in [5.74, 6) is 1.06. The second kappa shape index (κ2) is 6.61. The van der Waals surface area contributed by atoms with Gasteiger partial charge >= 0.3 is 0 Å². The van der Waals surface area contributed by atoms with Crippen LogP contribution in [-0.4, -0.2) is 22.4 Å². The van der Waals surface area contributed by atoms with Gasteiger partial charge in [0.15, 0.2) is 0 Å². The predicted octanol–water partition coefficient (Wildman–Crippen LogP) is 2.97. The van der Waals surface area contributed by atoms with Gasteiger partial charge in [-0.05, 0) is 37.0 Å². The standard InChI is InChI=1S/C14H28O2/c1-10(2)9-14(16)11(3)12-7-5-4-6-8-13(12)15/h10-16H,4-9H2,1-3H3/t11-,12+,13+,14-/m0/s1. The van der Waals surface area contributed by atoms with Crippen LogP contribution in [0.2, 0.25) is 0 Å². The van der Waals surface area contributed by atoms with Gasteiger partial charge < -0.3 is 10.2 Å². The van der Waals surface area contributed by atoms with Gasteiger partial charge in [0, 0.05) is 0 Å². The molecule has 0 unspecified atom stereocenters. The van der Waals surface area contributed by atoms with E-state index in [2.05, 4.69) is 20.8 Å². The summed E-state index contributed by atoms with van der Waals surface area (Å²) >= 11 is 0. The van der Waals surface area contributed by atoms with Crippen LogP contribution in [-0.2, 0) is 0 Å². The minimum absolute atomic E-state index is 0.195. The highest BCUT2D eigenvalue weighted by molar-refractivity contribution is 4.81. The van der Waals surface area contributed by atoms with Crippen LogP contribution in [0, 0.1) is 17.8 Å². The van der Waals surface area contributed by atoms with Crippen LogP contribution in [0.5, 0.6) is 0 Å². The summed E-state index contributed by atoms with van der Waals surface area (Å²) in [5, 5.41) is 20.2. The quantitative estimate of drug-likeness (QED) is 0.726. The molecule has 1 aliphatic rings. The molecule has 16 heavy (non-hydrogen) atoms. The average Bonchev–Trinajstić information content (AvgIpc) is 2.40. The Bertz CT molecular complexity index is 191. The molecule has 1 saturated carbocycles. The lowest BCUT2D eigenvalue weighted by molar-refractivity contribution is 0.00333. The van der Waals surface area contributed by atoms with Crippen LogP contribution >= 0.6 is 0 Å². The molecule has 1 aliphatic carbocycles. The molecule has 0 aromatic rings. The van der Waals surface area contributed by atoms with E-state index in [9.17, 15) is 10.2 Å². The Morgan fingerprint density at radius 1 is 1.06 bits per heavy atom. The van der Waals surface area contributed by atoms with Crippen molar-refractivity contribution < 1.29 is 10.2 Å². The maximum Gasteiger partial charge on any atom is 0.0571 e. The van der Waals surface area contributed by atoms with Gasteiger partial charge in [-0.2, -0.15) is 0 Å². The fourth-order valence-electron chi connectivity index (χ4n) is 2.91. The predicted molar refractivity (Wildman–Crippen MR) is 67.2 cm³/mol. The molecular formula is C14H28O2. The van der Waals surface area contributed by atoms with E-state index < -0.39 is 0 Å². The summed E-state index contributed by atoms with van der Waals surface area (Å²) in [5.41, 5.74) is 0. The lowest BCUT2D eigenvalue weighted by Crippen LogP contribution is -2.33. The number of hydrogen-bond donors (Lipinski definition) is 2. The van der Waals surface area contributed by atoms with Crippen LogP contribution in [0.15, 0.2) is 0 Å². The van der Waals surface area contributed by atoms with Crippen LogP contribution in [0.3, 0.4) is 0 Å². The number of rotatable bonds is 4. The molecule has 2 N–H and O–H groups in total. The Labute approximate surface area is 100 Å². The van der Waals surface area contributed by atoms with Gasteiger partial charge in [0.05, 0.1) is 12.2 Å². The number of aliphatic hydroxyl groups excluding tert-OH is 2. The minimum atomic E-state index is -0.252. The fraction of sp³-hybridized carbons (Fsp3) is 1.00. The molecule has 2 nitrogen and oxygen atoms in total. The van der Waals surface area contributed by atoms with Crippen molar-refractivity contribution in [2.24, 2.45) is 17.8 Å². The average molecular weight is 228 g/mol. The molecule has 0 amide bonds. The molecule has 1 rings (SSSR count). The van der Waals surface area contributed by atoms with E-state index in [0.717, 1.165) is 25.7 Å². The monoisotopic (exact) mass is 228 g/mol. The van der Waals surface area contributed by atoms with E-state index in [1.165, 1.54) is 12.8 Å². The van der Waals surface area contributed by atoms with Crippen molar-refractivity contribution in [3.05, 3.63) is 0 Å². The van der Waals surface area contributed by atoms with Gasteiger partial charge in [-0.3, -0.25) is 0 Å². The van der Waals surface area contributed by atoms with Crippen LogP contribution in [0.25, 0.3) is 0 Å². The third-order valence-electron chi connectivity index (χ3n) is 4.03. The summed E-state index contributed by atoms with van der Waals surface area (Å²) in [6, 6.07) is 0. The normalized spacial score (nSPS) is 31.1. The van der Waals surface area contributed by atoms with E-state index in [-0.39, 0.29) is 18.1 Å². The van der Waals surface area contributed by atoms with Crippen molar-refractivity contribution in [3.8, 4) is 0 Å². The van der Waals surface area contributed by atoms with Crippen molar-refractivity contribution in [1.82, 2.24) is 0 Å². The molecule has 0 bridgehead atoms. The zero-order valence-electron chi connectivity index (χ0n) is 11.0. The third-order valence-corrected chi connectivity index (χ3v) is 4.03. The Kier molecular flexibility index (Phi) is 5.77. The number of aliphatic hydroxyl groups is 2. The van der Waals surface area contributed by atoms with Gasteiger partial charge in [-0.15, -0.1) is 0 Å². The Morgan fingerprint density at radius 3 is 2.31 bits per heavy atom. The summed E-state index contributed by atoms with van der Waals surface area (Å²) in [6.45, 7) is 6.38. The highest BCUT2D eigenvalue weighted by Crippen LogP contribution is 2.32. The molecule has 2 heteroatoms. The Hall–Kier alpha value is -0.0800. The van der Waals surface area contributed by atoms with Crippen LogP contribution in [0.1, 0.15) is 59.3 Å². The minimum Gasteiger partial charge on any atom is -0.393 e. The van der Waals surface area contributed by atoms with E-state index >= 15 is 0 Å². The van der Waals surface area contributed by atoms with E-state index in [1.54, 1.807) is 0 Å². The molecule has 0 heterocycles. The van der Waals surface area contributed by atoms with Gasteiger partial charge in [0.1, 0.15) is 0 Å². The fourth-order valence-corrected chi connectivity index (χ4v) is 2.91. The van der Waals surface area contributed by atoms with Crippen molar-refractivity contribution >= 4 is 0 Å². The first kappa shape index (κ1) is 14.0. The Morgan fingerprint density at radius 2 is 1.69 bits per heavy atom. The largest absolute Gasteiger partial charge is 0.393 e. The lowest BCUT2D eigenvalue weighted by Gasteiger charge is -2.31. The van der Waals surface area contributed by atoms with Crippen molar-refractivity contribution in [2.75, 3.05) is 0 Å². The molecule has 0 spiro atoms. The first-order valence-electron chi connectivity index (χ1n) is 6.88. The lowest BCUT2D eigenvalue weighted by atomic mass is 9.80. The molecule has 0 aliphatic heterocycles. The summed E-state index contributed by atoms with van der Waals surface area (Å²) in [7, 11) is 0. The molecule has 0 aromatic carbocycles. The first-order chi connectivity index (χ1) is 7.52.